The summed E-state index contributed by atoms with van der Waals surface area (Å²) in [6, 6.07) is 9.89. The number of likely N-dealkylation sites (tertiary alicyclic amines) is 1. The van der Waals surface area contributed by atoms with Gasteiger partial charge in [0.05, 0.1) is 18.7 Å². The fraction of sp³-hybridized carbons (Fsp3) is 0.381. The highest BCUT2D eigenvalue weighted by Gasteiger charge is 2.48. The summed E-state index contributed by atoms with van der Waals surface area (Å²) in [7, 11) is 1.34. The Hall–Kier alpha value is -2.96. The first-order valence-corrected chi connectivity index (χ1v) is 9.30. The van der Waals surface area contributed by atoms with Gasteiger partial charge in [0, 0.05) is 44.6 Å². The number of esters is 1. The number of hydrogen-bond donors (Lipinski definition) is 0. The number of halogens is 1. The molecule has 0 saturated carbocycles. The van der Waals surface area contributed by atoms with E-state index in [4.69, 9.17) is 4.74 Å². The monoisotopic (exact) mass is 383 g/mol. The van der Waals surface area contributed by atoms with Gasteiger partial charge in [-0.2, -0.15) is 0 Å². The Labute approximate surface area is 162 Å². The summed E-state index contributed by atoms with van der Waals surface area (Å²) in [5.74, 6) is 0.581. The zero-order chi connectivity index (χ0) is 19.8. The molecule has 2 aromatic rings. The predicted molar refractivity (Wildman–Crippen MR) is 101 cm³/mol. The first kappa shape index (κ1) is 18.4. The second kappa shape index (κ2) is 7.22. The van der Waals surface area contributed by atoms with Crippen LogP contribution in [0.25, 0.3) is 0 Å². The lowest BCUT2D eigenvalue weighted by Crippen LogP contribution is -2.34. The number of anilines is 1. The van der Waals surface area contributed by atoms with Crippen molar-refractivity contribution in [2.45, 2.75) is 13.0 Å². The molecule has 6 nitrogen and oxygen atoms in total. The molecule has 28 heavy (non-hydrogen) atoms. The summed E-state index contributed by atoms with van der Waals surface area (Å²) < 4.78 is 18.5. The largest absolute Gasteiger partial charge is 0.465 e. The smallest absolute Gasteiger partial charge is 0.339 e. The van der Waals surface area contributed by atoms with Gasteiger partial charge in [-0.3, -0.25) is 4.79 Å². The minimum atomic E-state index is -0.416. The SMILES string of the molecule is COC(=O)c1ccc(N2C[C@@H]3CN(C(C)=O)[C@@H](c4cccc(F)c4)[C@@H]3C2)nc1. The third-order valence-electron chi connectivity index (χ3n) is 5.75. The molecule has 0 spiro atoms. The van der Waals surface area contributed by atoms with E-state index in [1.807, 2.05) is 17.0 Å². The van der Waals surface area contributed by atoms with Crippen molar-refractivity contribution < 1.29 is 18.7 Å². The number of carbonyl (C=O) groups is 2. The Balaban J connectivity index is 1.58. The van der Waals surface area contributed by atoms with Gasteiger partial charge in [-0.25, -0.2) is 14.2 Å². The molecule has 3 atom stereocenters. The van der Waals surface area contributed by atoms with E-state index in [1.54, 1.807) is 19.1 Å². The van der Waals surface area contributed by atoms with Crippen LogP contribution in [-0.4, -0.2) is 48.5 Å². The average Bonchev–Trinajstić information content (AvgIpc) is 3.25. The van der Waals surface area contributed by atoms with E-state index in [-0.39, 0.29) is 23.7 Å². The summed E-state index contributed by atoms with van der Waals surface area (Å²) >= 11 is 0. The van der Waals surface area contributed by atoms with Gasteiger partial charge in [0.1, 0.15) is 11.6 Å². The van der Waals surface area contributed by atoms with Crippen molar-refractivity contribution >= 4 is 17.7 Å². The van der Waals surface area contributed by atoms with Crippen molar-refractivity contribution in [3.63, 3.8) is 0 Å². The molecule has 0 N–H and O–H groups in total. The molecule has 1 amide bonds. The molecular formula is C21H22FN3O3. The Morgan fingerprint density at radius 1 is 1.18 bits per heavy atom. The highest BCUT2D eigenvalue weighted by atomic mass is 19.1. The molecule has 3 heterocycles. The molecule has 0 aliphatic carbocycles. The van der Waals surface area contributed by atoms with E-state index in [2.05, 4.69) is 9.88 Å². The molecule has 2 aliphatic rings. The van der Waals surface area contributed by atoms with Crippen LogP contribution in [0.2, 0.25) is 0 Å². The summed E-state index contributed by atoms with van der Waals surface area (Å²) in [5.41, 5.74) is 1.24. The average molecular weight is 383 g/mol. The lowest BCUT2D eigenvalue weighted by Gasteiger charge is -2.29. The summed E-state index contributed by atoms with van der Waals surface area (Å²) in [6.07, 6.45) is 1.52. The van der Waals surface area contributed by atoms with Crippen LogP contribution in [0.4, 0.5) is 10.2 Å². The van der Waals surface area contributed by atoms with Gasteiger partial charge in [-0.1, -0.05) is 12.1 Å². The van der Waals surface area contributed by atoms with Crippen molar-refractivity contribution in [1.82, 2.24) is 9.88 Å². The van der Waals surface area contributed by atoms with Gasteiger partial charge in [-0.05, 0) is 29.8 Å². The number of amides is 1. The topological polar surface area (TPSA) is 62.7 Å². The van der Waals surface area contributed by atoms with Gasteiger partial charge in [0.15, 0.2) is 0 Å². The summed E-state index contributed by atoms with van der Waals surface area (Å²) in [4.78, 5) is 32.2. The number of pyridine rings is 1. The highest BCUT2D eigenvalue weighted by Crippen LogP contribution is 2.45. The quantitative estimate of drug-likeness (QED) is 0.763. The number of benzene rings is 1. The van der Waals surface area contributed by atoms with Gasteiger partial charge >= 0.3 is 5.97 Å². The first-order chi connectivity index (χ1) is 13.5. The Bertz CT molecular complexity index is 902. The number of hydrogen-bond acceptors (Lipinski definition) is 5. The van der Waals surface area contributed by atoms with Gasteiger partial charge in [0.2, 0.25) is 5.91 Å². The Morgan fingerprint density at radius 3 is 2.64 bits per heavy atom. The number of aromatic nitrogens is 1. The van der Waals surface area contributed by atoms with Crippen molar-refractivity contribution in [3.8, 4) is 0 Å². The van der Waals surface area contributed by atoms with Crippen LogP contribution >= 0.6 is 0 Å². The minimum absolute atomic E-state index is 0.00997. The highest BCUT2D eigenvalue weighted by molar-refractivity contribution is 5.89. The van der Waals surface area contributed by atoms with Crippen LogP contribution in [0.5, 0.6) is 0 Å². The minimum Gasteiger partial charge on any atom is -0.465 e. The third-order valence-corrected chi connectivity index (χ3v) is 5.75. The molecule has 2 saturated heterocycles. The number of rotatable bonds is 3. The zero-order valence-electron chi connectivity index (χ0n) is 15.8. The van der Waals surface area contributed by atoms with E-state index in [0.717, 1.165) is 24.5 Å². The second-order valence-electron chi connectivity index (χ2n) is 7.40. The molecule has 0 unspecified atom stereocenters. The first-order valence-electron chi connectivity index (χ1n) is 9.30. The van der Waals surface area contributed by atoms with Crippen LogP contribution in [0.3, 0.4) is 0 Å². The molecule has 0 bridgehead atoms. The molecule has 2 fully saturated rings. The van der Waals surface area contributed by atoms with E-state index in [1.165, 1.54) is 25.4 Å². The third kappa shape index (κ3) is 3.21. The fourth-order valence-corrected chi connectivity index (χ4v) is 4.49. The van der Waals surface area contributed by atoms with Gasteiger partial charge in [0.25, 0.3) is 0 Å². The fourth-order valence-electron chi connectivity index (χ4n) is 4.49. The van der Waals surface area contributed by atoms with Crippen LogP contribution in [0.15, 0.2) is 42.6 Å². The predicted octanol–water partition coefficient (Wildman–Crippen LogP) is 2.66. The van der Waals surface area contributed by atoms with Gasteiger partial charge < -0.3 is 14.5 Å². The normalized spacial score (nSPS) is 23.6. The van der Waals surface area contributed by atoms with E-state index in [0.29, 0.717) is 18.0 Å². The zero-order valence-corrected chi connectivity index (χ0v) is 15.8. The van der Waals surface area contributed by atoms with Crippen LogP contribution in [0.1, 0.15) is 28.9 Å². The van der Waals surface area contributed by atoms with Gasteiger partial charge in [-0.15, -0.1) is 0 Å². The van der Waals surface area contributed by atoms with Crippen LogP contribution < -0.4 is 4.90 Å². The Morgan fingerprint density at radius 2 is 2.00 bits per heavy atom. The van der Waals surface area contributed by atoms with Crippen molar-refractivity contribution in [2.75, 3.05) is 31.6 Å². The standard InChI is InChI=1S/C21H22FN3O3/c1-13(26)25-11-16-10-24(19-7-6-15(9-23-19)21(27)28-2)12-18(16)20(25)14-4-3-5-17(22)8-14/h3-9,16,18,20H,10-12H2,1-2H3/t16-,18-,20+/m1/s1. The molecule has 146 valence electrons. The number of carbonyl (C=O) groups excluding carboxylic acids is 2. The molecule has 1 aromatic heterocycles. The van der Waals surface area contributed by atoms with Crippen molar-refractivity contribution in [2.24, 2.45) is 11.8 Å². The number of nitrogens with zero attached hydrogens (tertiary/aromatic N) is 3. The van der Waals surface area contributed by atoms with Crippen molar-refractivity contribution in [1.29, 1.82) is 0 Å². The number of fused-ring (bicyclic) bond motifs is 1. The molecule has 0 radical (unpaired) electrons. The maximum Gasteiger partial charge on any atom is 0.339 e. The molecular weight excluding hydrogens is 361 g/mol. The lowest BCUT2D eigenvalue weighted by molar-refractivity contribution is -0.130. The summed E-state index contributed by atoms with van der Waals surface area (Å²) in [5, 5.41) is 0. The van der Waals surface area contributed by atoms with E-state index in [9.17, 15) is 14.0 Å². The number of ether oxygens (including phenoxy) is 1. The molecule has 4 rings (SSSR count). The van der Waals surface area contributed by atoms with Crippen molar-refractivity contribution in [3.05, 3.63) is 59.5 Å². The summed E-state index contributed by atoms with van der Waals surface area (Å²) in [6.45, 7) is 3.71. The van der Waals surface area contributed by atoms with Crippen LogP contribution in [0, 0.1) is 17.7 Å². The van der Waals surface area contributed by atoms with E-state index < -0.39 is 5.97 Å². The molecule has 1 aromatic carbocycles. The maximum atomic E-state index is 13.8. The Kier molecular flexibility index (Phi) is 4.75. The van der Waals surface area contributed by atoms with E-state index >= 15 is 0 Å². The molecule has 7 heteroatoms. The van der Waals surface area contributed by atoms with Crippen LogP contribution in [-0.2, 0) is 9.53 Å². The maximum absolute atomic E-state index is 13.8. The second-order valence-corrected chi connectivity index (χ2v) is 7.40. The molecule has 2 aliphatic heterocycles. The lowest BCUT2D eigenvalue weighted by atomic mass is 9.89. The number of methoxy groups -OCH3 is 1.